The Bertz CT molecular complexity index is 1390. The van der Waals surface area contributed by atoms with Gasteiger partial charge in [-0.15, -0.1) is 13.2 Å². The molecule has 0 saturated carbocycles. The molecular formula is C32H43F3N2O4. The molecule has 1 unspecified atom stereocenters. The van der Waals surface area contributed by atoms with Crippen LogP contribution in [0.25, 0.3) is 22.3 Å². The van der Waals surface area contributed by atoms with Gasteiger partial charge in [0.2, 0.25) is 0 Å². The highest BCUT2D eigenvalue weighted by Crippen LogP contribution is 2.42. The lowest BCUT2D eigenvalue weighted by Gasteiger charge is -2.45. The molecule has 0 radical (unpaired) electrons. The molecule has 0 bridgehead atoms. The summed E-state index contributed by atoms with van der Waals surface area (Å²) in [6.45, 7) is 16.9. The standard InChI is InChI=1S/C32H43F3N2O4/c1-27(2,18-29(5,6)41-26(38)31(9,30(7,8)37)19-28(3,4)36)21-15-14-20-16-25(39-24(20)17-21)22-12-10-11-13-23(22)40-32(33,34)35/h10-17H,18-19,36-37H2,1-9H3. The molecule has 4 N–H and O–H groups in total. The minimum Gasteiger partial charge on any atom is -0.459 e. The molecule has 9 heteroatoms. The summed E-state index contributed by atoms with van der Waals surface area (Å²) in [6, 6.07) is 13.2. The van der Waals surface area contributed by atoms with Gasteiger partial charge in [0.05, 0.1) is 11.0 Å². The molecule has 226 valence electrons. The van der Waals surface area contributed by atoms with Gasteiger partial charge < -0.3 is 25.4 Å². The average molecular weight is 577 g/mol. The summed E-state index contributed by atoms with van der Waals surface area (Å²) in [6.07, 6.45) is -4.01. The van der Waals surface area contributed by atoms with Gasteiger partial charge in [0.15, 0.2) is 0 Å². The van der Waals surface area contributed by atoms with E-state index in [9.17, 15) is 18.0 Å². The van der Waals surface area contributed by atoms with Crippen molar-refractivity contribution in [3.63, 3.8) is 0 Å². The van der Waals surface area contributed by atoms with Crippen molar-refractivity contribution in [1.82, 2.24) is 0 Å². The molecule has 0 spiro atoms. The van der Waals surface area contributed by atoms with Gasteiger partial charge in [-0.1, -0.05) is 38.1 Å². The second-order valence-corrected chi connectivity index (χ2v) is 13.8. The molecule has 0 aliphatic rings. The number of hydrogen-bond donors (Lipinski definition) is 2. The van der Waals surface area contributed by atoms with Crippen LogP contribution in [0.4, 0.5) is 13.2 Å². The maximum Gasteiger partial charge on any atom is 0.573 e. The van der Waals surface area contributed by atoms with E-state index < -0.39 is 39.8 Å². The Hall–Kier alpha value is -3.04. The van der Waals surface area contributed by atoms with Gasteiger partial charge in [0.1, 0.15) is 22.7 Å². The van der Waals surface area contributed by atoms with Crippen molar-refractivity contribution < 1.29 is 31.9 Å². The molecule has 0 saturated heterocycles. The van der Waals surface area contributed by atoms with E-state index in [0.717, 1.165) is 10.9 Å². The molecule has 3 rings (SSSR count). The Morgan fingerprint density at radius 1 is 0.854 bits per heavy atom. The van der Waals surface area contributed by atoms with E-state index in [-0.39, 0.29) is 17.1 Å². The lowest BCUT2D eigenvalue weighted by atomic mass is 9.67. The summed E-state index contributed by atoms with van der Waals surface area (Å²) in [5.41, 5.74) is 10.5. The predicted molar refractivity (Wildman–Crippen MR) is 155 cm³/mol. The first-order chi connectivity index (χ1) is 18.4. The zero-order valence-corrected chi connectivity index (χ0v) is 25.5. The monoisotopic (exact) mass is 576 g/mol. The van der Waals surface area contributed by atoms with Crippen LogP contribution in [0.15, 0.2) is 52.9 Å². The smallest absolute Gasteiger partial charge is 0.459 e. The SMILES string of the molecule is CC(C)(N)CC(C)(C(=O)OC(C)(C)CC(C)(C)c1ccc2cc(-c3ccccc3OC(F)(F)F)oc2c1)C(C)(C)N. The van der Waals surface area contributed by atoms with E-state index in [2.05, 4.69) is 4.74 Å². The fourth-order valence-corrected chi connectivity index (χ4v) is 5.51. The Morgan fingerprint density at radius 2 is 1.46 bits per heavy atom. The lowest BCUT2D eigenvalue weighted by molar-refractivity contribution is -0.274. The van der Waals surface area contributed by atoms with Gasteiger partial charge in [-0.3, -0.25) is 4.79 Å². The highest BCUT2D eigenvalue weighted by atomic mass is 19.4. The predicted octanol–water partition coefficient (Wildman–Crippen LogP) is 7.86. The highest BCUT2D eigenvalue weighted by molar-refractivity contribution is 5.85. The van der Waals surface area contributed by atoms with Crippen molar-refractivity contribution in [3.8, 4) is 17.1 Å². The number of para-hydroxylation sites is 1. The molecule has 1 atom stereocenters. The summed E-state index contributed by atoms with van der Waals surface area (Å²) in [5, 5.41) is 0.734. The second-order valence-electron chi connectivity index (χ2n) is 13.8. The van der Waals surface area contributed by atoms with E-state index >= 15 is 0 Å². The zero-order chi connectivity index (χ0) is 31.2. The Labute approximate surface area is 240 Å². The van der Waals surface area contributed by atoms with Crippen molar-refractivity contribution in [3.05, 3.63) is 54.1 Å². The first kappa shape index (κ1) is 32.5. The molecule has 3 aromatic rings. The van der Waals surface area contributed by atoms with Crippen LogP contribution in [0.1, 0.15) is 80.7 Å². The van der Waals surface area contributed by atoms with Crippen molar-refractivity contribution in [2.45, 2.75) is 104 Å². The Kier molecular flexibility index (Phi) is 8.44. The molecule has 6 nitrogen and oxygen atoms in total. The summed E-state index contributed by atoms with van der Waals surface area (Å²) < 4.78 is 55.2. The van der Waals surface area contributed by atoms with E-state index in [1.165, 1.54) is 18.2 Å². The maximum atomic E-state index is 13.6. The Morgan fingerprint density at radius 3 is 2.02 bits per heavy atom. The van der Waals surface area contributed by atoms with Gasteiger partial charge in [0, 0.05) is 16.5 Å². The number of benzene rings is 2. The van der Waals surface area contributed by atoms with Gasteiger partial charge in [0.25, 0.3) is 0 Å². The maximum absolute atomic E-state index is 13.6. The molecular weight excluding hydrogens is 533 g/mol. The van der Waals surface area contributed by atoms with Crippen molar-refractivity contribution >= 4 is 16.9 Å². The fourth-order valence-electron chi connectivity index (χ4n) is 5.51. The summed E-state index contributed by atoms with van der Waals surface area (Å²) in [7, 11) is 0. The summed E-state index contributed by atoms with van der Waals surface area (Å²) >= 11 is 0. The van der Waals surface area contributed by atoms with Crippen LogP contribution < -0.4 is 16.2 Å². The molecule has 1 aromatic heterocycles. The zero-order valence-electron chi connectivity index (χ0n) is 25.5. The number of halogens is 3. The third-order valence-electron chi connectivity index (χ3n) is 7.60. The first-order valence-electron chi connectivity index (χ1n) is 13.6. The Balaban J connectivity index is 1.88. The van der Waals surface area contributed by atoms with Crippen LogP contribution in [0.5, 0.6) is 5.75 Å². The number of esters is 1. The topological polar surface area (TPSA) is 101 Å². The van der Waals surface area contributed by atoms with E-state index in [0.29, 0.717) is 18.4 Å². The van der Waals surface area contributed by atoms with Crippen LogP contribution in [0, 0.1) is 5.41 Å². The number of alkyl halides is 3. The molecule has 0 amide bonds. The largest absolute Gasteiger partial charge is 0.573 e. The number of ether oxygens (including phenoxy) is 2. The fraction of sp³-hybridized carbons (Fsp3) is 0.531. The van der Waals surface area contributed by atoms with Crippen molar-refractivity contribution in [2.75, 3.05) is 0 Å². The number of fused-ring (bicyclic) bond motifs is 1. The molecule has 41 heavy (non-hydrogen) atoms. The minimum atomic E-state index is -4.83. The van der Waals surface area contributed by atoms with Gasteiger partial charge in [-0.2, -0.15) is 0 Å². The van der Waals surface area contributed by atoms with Crippen molar-refractivity contribution in [2.24, 2.45) is 16.9 Å². The first-order valence-corrected chi connectivity index (χ1v) is 13.6. The van der Waals surface area contributed by atoms with Crippen molar-refractivity contribution in [1.29, 1.82) is 0 Å². The lowest BCUT2D eigenvalue weighted by Crippen LogP contribution is -2.59. The molecule has 0 aliphatic heterocycles. The van der Waals surface area contributed by atoms with Crippen LogP contribution in [-0.2, 0) is 14.9 Å². The number of nitrogens with two attached hydrogens (primary N) is 2. The number of carbonyl (C=O) groups excluding carboxylic acids is 1. The average Bonchev–Trinajstić information content (AvgIpc) is 3.18. The molecule has 0 fully saturated rings. The molecule has 2 aromatic carbocycles. The number of hydrogen-bond acceptors (Lipinski definition) is 6. The van der Waals surface area contributed by atoms with E-state index in [4.69, 9.17) is 20.6 Å². The number of carbonyl (C=O) groups is 1. The van der Waals surface area contributed by atoms with E-state index in [1.54, 1.807) is 32.9 Å². The van der Waals surface area contributed by atoms with Crippen LogP contribution in [-0.4, -0.2) is 29.0 Å². The molecule has 0 aliphatic carbocycles. The van der Waals surface area contributed by atoms with Crippen LogP contribution >= 0.6 is 0 Å². The number of furan rings is 1. The minimum absolute atomic E-state index is 0.196. The van der Waals surface area contributed by atoms with Gasteiger partial charge >= 0.3 is 12.3 Å². The summed E-state index contributed by atoms with van der Waals surface area (Å²) in [5.74, 6) is -0.486. The van der Waals surface area contributed by atoms with Gasteiger partial charge in [-0.05, 0) is 96.6 Å². The van der Waals surface area contributed by atoms with Crippen LogP contribution in [0.3, 0.4) is 0 Å². The normalized spacial score (nSPS) is 15.1. The molecule has 1 heterocycles. The van der Waals surface area contributed by atoms with E-state index in [1.807, 2.05) is 59.7 Å². The third kappa shape index (κ3) is 7.83. The second kappa shape index (κ2) is 10.7. The van der Waals surface area contributed by atoms with Crippen LogP contribution in [0.2, 0.25) is 0 Å². The highest BCUT2D eigenvalue weighted by Gasteiger charge is 2.50. The summed E-state index contributed by atoms with van der Waals surface area (Å²) in [4.78, 5) is 13.6. The third-order valence-corrected chi connectivity index (χ3v) is 7.60. The number of rotatable bonds is 10. The van der Waals surface area contributed by atoms with Gasteiger partial charge in [-0.25, -0.2) is 0 Å². The quantitative estimate of drug-likeness (QED) is 0.238.